The number of rotatable bonds is 2. The van der Waals surface area contributed by atoms with Crippen molar-refractivity contribution >= 4 is 28.6 Å². The maximum atomic E-state index is 12.9. The number of aryl methyl sites for hydroxylation is 4. The van der Waals surface area contributed by atoms with Gasteiger partial charge in [-0.1, -0.05) is 0 Å². The minimum atomic E-state index is 0.253. The molecular weight excluding hydrogens is 336 g/mol. The van der Waals surface area contributed by atoms with Crippen molar-refractivity contribution in [1.29, 1.82) is 0 Å². The van der Waals surface area contributed by atoms with Gasteiger partial charge in [-0.3, -0.25) is 4.79 Å². The second-order valence-electron chi connectivity index (χ2n) is 7.28. The van der Waals surface area contributed by atoms with Crippen LogP contribution in [-0.2, 0) is 25.7 Å². The smallest absolute Gasteiger partial charge is 0.263 e. The Morgan fingerprint density at radius 1 is 1.08 bits per heavy atom. The van der Waals surface area contributed by atoms with Crippen LogP contribution in [0.2, 0.25) is 0 Å². The molecule has 1 saturated heterocycles. The highest BCUT2D eigenvalue weighted by Gasteiger charge is 2.30. The van der Waals surface area contributed by atoms with Gasteiger partial charge in [0, 0.05) is 28.8 Å². The van der Waals surface area contributed by atoms with Gasteiger partial charge in [-0.05, 0) is 63.0 Å². The molecule has 0 aromatic carbocycles. The zero-order chi connectivity index (χ0) is 16.1. The second kappa shape index (κ2) is 5.95. The standard InChI is InChI=1S/C19H22N2OS2/c22-19(17-10-12-4-1-7-15(12)23-17)21-9-3-5-13(11-21)18-20-14-6-2-8-16(14)24-18/h10,13H,1-9,11H2. The van der Waals surface area contributed by atoms with Crippen molar-refractivity contribution in [2.24, 2.45) is 0 Å². The molecule has 2 aromatic heterocycles. The summed E-state index contributed by atoms with van der Waals surface area (Å²) in [5, 5.41) is 1.28. The topological polar surface area (TPSA) is 33.2 Å². The Hall–Kier alpha value is -1.20. The minimum absolute atomic E-state index is 0.253. The number of carbonyl (C=O) groups excluding carboxylic acids is 1. The molecule has 0 saturated carbocycles. The van der Waals surface area contributed by atoms with Crippen LogP contribution in [0, 0.1) is 0 Å². The van der Waals surface area contributed by atoms with E-state index in [1.54, 1.807) is 11.3 Å². The average Bonchev–Trinajstić information content (AvgIpc) is 3.32. The minimum Gasteiger partial charge on any atom is -0.337 e. The Bertz CT molecular complexity index is 748. The maximum absolute atomic E-state index is 12.9. The van der Waals surface area contributed by atoms with E-state index in [0.29, 0.717) is 5.92 Å². The van der Waals surface area contributed by atoms with Crippen molar-refractivity contribution in [2.75, 3.05) is 13.1 Å². The van der Waals surface area contributed by atoms with Crippen LogP contribution in [0.4, 0.5) is 0 Å². The predicted octanol–water partition coefficient (Wildman–Crippen LogP) is 4.20. The Morgan fingerprint density at radius 2 is 1.96 bits per heavy atom. The summed E-state index contributed by atoms with van der Waals surface area (Å²) < 4.78 is 0. The summed E-state index contributed by atoms with van der Waals surface area (Å²) in [6, 6.07) is 2.16. The number of piperidine rings is 1. The highest BCUT2D eigenvalue weighted by Crippen LogP contribution is 2.36. The van der Waals surface area contributed by atoms with Crippen molar-refractivity contribution in [1.82, 2.24) is 9.88 Å². The first-order chi connectivity index (χ1) is 11.8. The molecule has 1 aliphatic heterocycles. The lowest BCUT2D eigenvalue weighted by Gasteiger charge is -2.31. The Morgan fingerprint density at radius 3 is 2.83 bits per heavy atom. The zero-order valence-corrected chi connectivity index (χ0v) is 15.5. The molecule has 2 aliphatic carbocycles. The van der Waals surface area contributed by atoms with Gasteiger partial charge < -0.3 is 4.90 Å². The number of amides is 1. The molecule has 1 fully saturated rings. The summed E-state index contributed by atoms with van der Waals surface area (Å²) in [4.78, 5) is 23.8. The fraction of sp³-hybridized carbons (Fsp3) is 0.579. The maximum Gasteiger partial charge on any atom is 0.263 e. The lowest BCUT2D eigenvalue weighted by atomic mass is 9.98. The number of hydrogen-bond acceptors (Lipinski definition) is 4. The van der Waals surface area contributed by atoms with Gasteiger partial charge in [0.05, 0.1) is 15.6 Å². The Labute approximate surface area is 150 Å². The number of fused-ring (bicyclic) bond motifs is 2. The summed E-state index contributed by atoms with van der Waals surface area (Å²) in [5.74, 6) is 0.702. The van der Waals surface area contributed by atoms with Gasteiger partial charge in [0.25, 0.3) is 5.91 Å². The lowest BCUT2D eigenvalue weighted by molar-refractivity contribution is 0.0712. The van der Waals surface area contributed by atoms with Gasteiger partial charge in [-0.15, -0.1) is 22.7 Å². The fourth-order valence-electron chi connectivity index (χ4n) is 4.34. The Kier molecular flexibility index (Phi) is 3.74. The molecule has 3 aliphatic rings. The van der Waals surface area contributed by atoms with E-state index < -0.39 is 0 Å². The van der Waals surface area contributed by atoms with Crippen molar-refractivity contribution in [3.8, 4) is 0 Å². The second-order valence-corrected chi connectivity index (χ2v) is 9.53. The lowest BCUT2D eigenvalue weighted by Crippen LogP contribution is -2.38. The number of carbonyl (C=O) groups is 1. The molecule has 1 atom stereocenters. The van der Waals surface area contributed by atoms with Crippen LogP contribution >= 0.6 is 22.7 Å². The first kappa shape index (κ1) is 15.1. The molecule has 3 nitrogen and oxygen atoms in total. The number of thiazole rings is 1. The van der Waals surface area contributed by atoms with Gasteiger partial charge in [-0.25, -0.2) is 4.98 Å². The molecule has 5 heteroatoms. The zero-order valence-electron chi connectivity index (χ0n) is 13.8. The quantitative estimate of drug-likeness (QED) is 0.806. The van der Waals surface area contributed by atoms with Gasteiger partial charge in [-0.2, -0.15) is 0 Å². The monoisotopic (exact) mass is 358 g/mol. The van der Waals surface area contributed by atoms with E-state index in [9.17, 15) is 4.79 Å². The molecule has 3 heterocycles. The average molecular weight is 359 g/mol. The van der Waals surface area contributed by atoms with Crippen LogP contribution in [0.3, 0.4) is 0 Å². The first-order valence-corrected chi connectivity index (χ1v) is 10.8. The molecule has 1 amide bonds. The predicted molar refractivity (Wildman–Crippen MR) is 98.4 cm³/mol. The van der Waals surface area contributed by atoms with Crippen LogP contribution in [0.25, 0.3) is 0 Å². The molecule has 5 rings (SSSR count). The molecule has 0 radical (unpaired) electrons. The van der Waals surface area contributed by atoms with Crippen LogP contribution in [0.5, 0.6) is 0 Å². The van der Waals surface area contributed by atoms with E-state index in [4.69, 9.17) is 4.98 Å². The molecule has 0 spiro atoms. The number of hydrogen-bond donors (Lipinski definition) is 0. The van der Waals surface area contributed by atoms with Crippen LogP contribution < -0.4 is 0 Å². The SMILES string of the molecule is O=C(c1cc2c(s1)CCC2)N1CCCC(c2nc3c(s2)CCC3)C1. The van der Waals surface area contributed by atoms with Gasteiger partial charge >= 0.3 is 0 Å². The molecule has 126 valence electrons. The van der Waals surface area contributed by atoms with Crippen molar-refractivity contribution in [3.63, 3.8) is 0 Å². The summed E-state index contributed by atoms with van der Waals surface area (Å²) in [6.07, 6.45) is 9.50. The number of aromatic nitrogens is 1. The molecular formula is C19H22N2OS2. The van der Waals surface area contributed by atoms with E-state index in [1.165, 1.54) is 58.1 Å². The summed E-state index contributed by atoms with van der Waals surface area (Å²) in [5.41, 5.74) is 2.77. The van der Waals surface area contributed by atoms with E-state index in [0.717, 1.165) is 37.2 Å². The van der Waals surface area contributed by atoms with Gasteiger partial charge in [0.1, 0.15) is 0 Å². The molecule has 0 bridgehead atoms. The fourth-order valence-corrected chi connectivity index (χ4v) is 6.84. The molecule has 2 aromatic rings. The van der Waals surface area contributed by atoms with Crippen molar-refractivity contribution < 1.29 is 4.79 Å². The third-order valence-corrected chi connectivity index (χ3v) is 8.17. The normalized spacial score (nSPS) is 22.7. The molecule has 24 heavy (non-hydrogen) atoms. The van der Waals surface area contributed by atoms with E-state index >= 15 is 0 Å². The van der Waals surface area contributed by atoms with Crippen LogP contribution in [-0.4, -0.2) is 28.9 Å². The molecule has 0 N–H and O–H groups in total. The van der Waals surface area contributed by atoms with Crippen molar-refractivity contribution in [2.45, 2.75) is 57.3 Å². The third-order valence-electron chi connectivity index (χ3n) is 5.63. The highest BCUT2D eigenvalue weighted by molar-refractivity contribution is 7.14. The number of likely N-dealkylation sites (tertiary alicyclic amines) is 1. The third kappa shape index (κ3) is 2.53. The van der Waals surface area contributed by atoms with Crippen LogP contribution in [0.1, 0.15) is 67.3 Å². The summed E-state index contributed by atoms with van der Waals surface area (Å²) in [7, 11) is 0. The first-order valence-electron chi connectivity index (χ1n) is 9.17. The van der Waals surface area contributed by atoms with E-state index in [1.807, 2.05) is 11.3 Å². The number of thiophene rings is 1. The highest BCUT2D eigenvalue weighted by atomic mass is 32.1. The molecule has 1 unspecified atom stereocenters. The van der Waals surface area contributed by atoms with Crippen LogP contribution in [0.15, 0.2) is 6.07 Å². The van der Waals surface area contributed by atoms with Gasteiger partial charge in [0.2, 0.25) is 0 Å². The van der Waals surface area contributed by atoms with E-state index in [-0.39, 0.29) is 5.91 Å². The largest absolute Gasteiger partial charge is 0.337 e. The number of nitrogens with zero attached hydrogens (tertiary/aromatic N) is 2. The summed E-state index contributed by atoms with van der Waals surface area (Å²) in [6.45, 7) is 1.76. The van der Waals surface area contributed by atoms with Crippen molar-refractivity contribution in [3.05, 3.63) is 37.0 Å². The summed E-state index contributed by atoms with van der Waals surface area (Å²) >= 11 is 3.65. The van der Waals surface area contributed by atoms with E-state index in [2.05, 4.69) is 11.0 Å². The van der Waals surface area contributed by atoms with Gasteiger partial charge in [0.15, 0.2) is 0 Å². The Balaban J connectivity index is 1.33.